The van der Waals surface area contributed by atoms with Crippen molar-refractivity contribution in [2.75, 3.05) is 25.1 Å². The van der Waals surface area contributed by atoms with E-state index in [-0.39, 0.29) is 16.2 Å². The van der Waals surface area contributed by atoms with Gasteiger partial charge in [-0.25, -0.2) is 8.42 Å². The van der Waals surface area contributed by atoms with Gasteiger partial charge in [0.25, 0.3) is 17.7 Å². The molecule has 10 nitrogen and oxygen atoms in total. The summed E-state index contributed by atoms with van der Waals surface area (Å²) in [6.07, 6.45) is 5.24. The molecule has 178 valence electrons. The van der Waals surface area contributed by atoms with Crippen LogP contribution in [0.15, 0.2) is 52.0 Å². The number of carbonyl (C=O) groups excluding carboxylic acids is 3. The third-order valence-electron chi connectivity index (χ3n) is 5.10. The molecule has 0 aliphatic carbocycles. The number of sulfonamides is 1. The van der Waals surface area contributed by atoms with Gasteiger partial charge in [0.05, 0.1) is 11.2 Å². The smallest absolute Gasteiger partial charge is 0.287 e. The Morgan fingerprint density at radius 1 is 1.06 bits per heavy atom. The minimum atomic E-state index is -3.58. The Morgan fingerprint density at radius 3 is 2.36 bits per heavy atom. The minimum absolute atomic E-state index is 0.0740. The molecule has 1 aliphatic rings. The van der Waals surface area contributed by atoms with E-state index >= 15 is 0 Å². The zero-order chi connectivity index (χ0) is 23.8. The molecular weight excluding hydrogens is 468 g/mol. The van der Waals surface area contributed by atoms with Crippen LogP contribution >= 0.6 is 11.8 Å². The largest absolute Gasteiger partial charge is 0.459 e. The van der Waals surface area contributed by atoms with Crippen LogP contribution in [0.1, 0.15) is 40.2 Å². The number of hydrogen-bond acceptors (Lipinski definition) is 7. The van der Waals surface area contributed by atoms with Crippen LogP contribution in [0.25, 0.3) is 0 Å². The van der Waals surface area contributed by atoms with Gasteiger partial charge in [-0.2, -0.15) is 16.1 Å². The van der Waals surface area contributed by atoms with Crippen molar-refractivity contribution in [1.29, 1.82) is 0 Å². The molecule has 1 fully saturated rings. The SMILES string of the molecule is CSCC[C@@H](NC(=O)c1ccco1)C(=O)NNC(=O)c1ccc(S(=O)(=O)N2CCCC2)cc1. The summed E-state index contributed by atoms with van der Waals surface area (Å²) in [4.78, 5) is 37.3. The Hall–Kier alpha value is -2.83. The first-order valence-corrected chi connectivity index (χ1v) is 13.2. The average molecular weight is 495 g/mol. The number of hydrogen-bond donors (Lipinski definition) is 3. The number of benzene rings is 1. The van der Waals surface area contributed by atoms with Gasteiger partial charge in [-0.1, -0.05) is 0 Å². The van der Waals surface area contributed by atoms with Crippen LogP contribution in [0.4, 0.5) is 0 Å². The maximum atomic E-state index is 12.6. The summed E-state index contributed by atoms with van der Waals surface area (Å²) in [6, 6.07) is 7.66. The predicted molar refractivity (Wildman–Crippen MR) is 123 cm³/mol. The summed E-state index contributed by atoms with van der Waals surface area (Å²) in [5.74, 6) is -1.07. The molecule has 0 saturated carbocycles. The third-order valence-corrected chi connectivity index (χ3v) is 7.65. The molecule has 12 heteroatoms. The van der Waals surface area contributed by atoms with E-state index < -0.39 is 33.8 Å². The molecule has 33 heavy (non-hydrogen) atoms. The summed E-state index contributed by atoms with van der Waals surface area (Å²) < 4.78 is 31.6. The van der Waals surface area contributed by atoms with Crippen molar-refractivity contribution in [3.8, 4) is 0 Å². The molecular formula is C21H26N4O6S2. The van der Waals surface area contributed by atoms with Gasteiger partial charge in [0.2, 0.25) is 10.0 Å². The molecule has 0 spiro atoms. The lowest BCUT2D eigenvalue weighted by molar-refractivity contribution is -0.123. The van der Waals surface area contributed by atoms with Gasteiger partial charge in [-0.3, -0.25) is 25.2 Å². The normalized spacial score (nSPS) is 15.1. The fourth-order valence-corrected chi connectivity index (χ4v) is 5.26. The van der Waals surface area contributed by atoms with Crippen LogP contribution in [0.5, 0.6) is 0 Å². The molecule has 1 aromatic carbocycles. The van der Waals surface area contributed by atoms with Gasteiger partial charge < -0.3 is 9.73 Å². The van der Waals surface area contributed by atoms with Crippen molar-refractivity contribution in [2.24, 2.45) is 0 Å². The maximum Gasteiger partial charge on any atom is 0.287 e. The van der Waals surface area contributed by atoms with E-state index in [4.69, 9.17) is 4.42 Å². The summed E-state index contributed by atoms with van der Waals surface area (Å²) in [7, 11) is -3.58. The van der Waals surface area contributed by atoms with E-state index in [9.17, 15) is 22.8 Å². The first kappa shape index (κ1) is 24.8. The molecule has 0 bridgehead atoms. The molecule has 3 rings (SSSR count). The standard InChI is InChI=1S/C21H26N4O6S2/c1-32-14-10-17(22-21(28)18-5-4-13-31-18)20(27)24-23-19(26)15-6-8-16(9-7-15)33(29,30)25-11-2-3-12-25/h4-9,13,17H,2-3,10-12,14H2,1H3,(H,22,28)(H,23,26)(H,24,27)/t17-/m1/s1. The van der Waals surface area contributed by atoms with Gasteiger partial charge in [0.1, 0.15) is 6.04 Å². The lowest BCUT2D eigenvalue weighted by Crippen LogP contribution is -2.52. The van der Waals surface area contributed by atoms with Crippen LogP contribution in [0, 0.1) is 0 Å². The quantitative estimate of drug-likeness (QED) is 0.448. The van der Waals surface area contributed by atoms with E-state index in [0.717, 1.165) is 12.8 Å². The number of thioether (sulfide) groups is 1. The Kier molecular flexibility index (Phi) is 8.53. The fourth-order valence-electron chi connectivity index (χ4n) is 3.28. The monoisotopic (exact) mass is 494 g/mol. The van der Waals surface area contributed by atoms with Crippen molar-refractivity contribution in [2.45, 2.75) is 30.2 Å². The number of nitrogens with one attached hydrogen (secondary N) is 3. The molecule has 2 heterocycles. The summed E-state index contributed by atoms with van der Waals surface area (Å²) >= 11 is 1.51. The van der Waals surface area contributed by atoms with E-state index in [1.165, 1.54) is 52.7 Å². The highest BCUT2D eigenvalue weighted by Gasteiger charge is 2.27. The Balaban J connectivity index is 1.58. The van der Waals surface area contributed by atoms with E-state index in [1.54, 1.807) is 6.07 Å². The lowest BCUT2D eigenvalue weighted by Gasteiger charge is -2.18. The highest BCUT2D eigenvalue weighted by Crippen LogP contribution is 2.21. The molecule has 0 unspecified atom stereocenters. The van der Waals surface area contributed by atoms with Gasteiger partial charge in [0, 0.05) is 18.7 Å². The number of rotatable bonds is 9. The van der Waals surface area contributed by atoms with Crippen LogP contribution in [0.3, 0.4) is 0 Å². The molecule has 1 aliphatic heterocycles. The van der Waals surface area contributed by atoms with E-state index in [2.05, 4.69) is 16.2 Å². The molecule has 1 saturated heterocycles. The van der Waals surface area contributed by atoms with Crippen molar-refractivity contribution in [1.82, 2.24) is 20.5 Å². The van der Waals surface area contributed by atoms with Gasteiger partial charge in [-0.05, 0) is 67.7 Å². The molecule has 3 amide bonds. The highest BCUT2D eigenvalue weighted by atomic mass is 32.2. The Bertz CT molecular complexity index is 1060. The fraction of sp³-hybridized carbons (Fsp3) is 0.381. The van der Waals surface area contributed by atoms with Crippen LogP contribution in [-0.4, -0.2) is 61.6 Å². The van der Waals surface area contributed by atoms with E-state index in [0.29, 0.717) is 25.3 Å². The Labute approximate surface area is 196 Å². The first-order chi connectivity index (χ1) is 15.8. The third kappa shape index (κ3) is 6.36. The maximum absolute atomic E-state index is 12.6. The van der Waals surface area contributed by atoms with Crippen molar-refractivity contribution >= 4 is 39.5 Å². The zero-order valence-corrected chi connectivity index (χ0v) is 19.7. The van der Waals surface area contributed by atoms with Crippen LogP contribution in [0.2, 0.25) is 0 Å². The van der Waals surface area contributed by atoms with Crippen LogP contribution < -0.4 is 16.2 Å². The molecule has 0 radical (unpaired) electrons. The summed E-state index contributed by atoms with van der Waals surface area (Å²) in [5.41, 5.74) is 4.78. The average Bonchev–Trinajstić information content (AvgIpc) is 3.54. The molecule has 1 atom stereocenters. The zero-order valence-electron chi connectivity index (χ0n) is 18.1. The van der Waals surface area contributed by atoms with Crippen LogP contribution in [-0.2, 0) is 14.8 Å². The predicted octanol–water partition coefficient (Wildman–Crippen LogP) is 1.38. The van der Waals surface area contributed by atoms with Gasteiger partial charge >= 0.3 is 0 Å². The van der Waals surface area contributed by atoms with Crippen molar-refractivity contribution in [3.05, 3.63) is 54.0 Å². The number of nitrogens with zero attached hydrogens (tertiary/aromatic N) is 1. The summed E-state index contributed by atoms with van der Waals surface area (Å²) in [6.45, 7) is 0.982. The topological polar surface area (TPSA) is 138 Å². The number of hydrazine groups is 1. The summed E-state index contributed by atoms with van der Waals surface area (Å²) in [5, 5.41) is 2.59. The number of carbonyl (C=O) groups is 3. The number of amides is 3. The van der Waals surface area contributed by atoms with E-state index in [1.807, 2.05) is 6.26 Å². The molecule has 1 aromatic heterocycles. The minimum Gasteiger partial charge on any atom is -0.459 e. The second-order valence-corrected chi connectivity index (χ2v) is 10.3. The van der Waals surface area contributed by atoms with Gasteiger partial charge in [-0.15, -0.1) is 0 Å². The second-order valence-electron chi connectivity index (χ2n) is 7.36. The highest BCUT2D eigenvalue weighted by molar-refractivity contribution is 7.98. The second kappa shape index (κ2) is 11.3. The first-order valence-electron chi connectivity index (χ1n) is 10.4. The Morgan fingerprint density at radius 2 is 1.76 bits per heavy atom. The van der Waals surface area contributed by atoms with Crippen molar-refractivity contribution < 1.29 is 27.2 Å². The van der Waals surface area contributed by atoms with Gasteiger partial charge in [0.15, 0.2) is 5.76 Å². The number of furan rings is 1. The lowest BCUT2D eigenvalue weighted by atomic mass is 10.2. The molecule has 2 aromatic rings. The van der Waals surface area contributed by atoms with Crippen molar-refractivity contribution in [3.63, 3.8) is 0 Å². The molecule has 3 N–H and O–H groups in total.